The molecule has 0 N–H and O–H groups in total. The summed E-state index contributed by atoms with van der Waals surface area (Å²) in [5.74, 6) is 0. The zero-order valence-corrected chi connectivity index (χ0v) is 16.0. The van der Waals surface area contributed by atoms with Gasteiger partial charge in [-0.1, -0.05) is 102 Å². The molecule has 2 aromatic carbocycles. The lowest BCUT2D eigenvalue weighted by atomic mass is 10.1. The third-order valence-corrected chi connectivity index (χ3v) is 4.04. The van der Waals surface area contributed by atoms with E-state index in [2.05, 4.69) is 100 Å². The predicted octanol–water partition coefficient (Wildman–Crippen LogP) is 7.55. The van der Waals surface area contributed by atoms with Gasteiger partial charge in [0.15, 0.2) is 0 Å². The molecule has 0 fully saturated rings. The van der Waals surface area contributed by atoms with Gasteiger partial charge >= 0.3 is 0 Å². The first-order valence-corrected chi connectivity index (χ1v) is 9.29. The Morgan fingerprint density at radius 1 is 0.583 bits per heavy atom. The second-order valence-corrected chi connectivity index (χ2v) is 6.01. The van der Waals surface area contributed by atoms with Crippen LogP contribution in [0.15, 0.2) is 48.5 Å². The molecule has 1 heteroatoms. The molecule has 3 rings (SSSR count). The summed E-state index contributed by atoms with van der Waals surface area (Å²) in [5, 5.41) is 0. The Kier molecular flexibility index (Phi) is 9.60. The molecule has 0 atom stereocenters. The van der Waals surface area contributed by atoms with E-state index in [1.807, 2.05) is 0 Å². The van der Waals surface area contributed by atoms with E-state index >= 15 is 0 Å². The van der Waals surface area contributed by atoms with Crippen LogP contribution in [-0.2, 0) is 0 Å². The van der Waals surface area contributed by atoms with Crippen LogP contribution in [0.4, 0.5) is 11.4 Å². The fraction of sp³-hybridized carbons (Fsp3) is 0.391. The molecule has 1 nitrogen and oxygen atoms in total. The molecule has 0 radical (unpaired) electrons. The maximum absolute atomic E-state index is 2.24. The van der Waals surface area contributed by atoms with Gasteiger partial charge in [-0.15, -0.1) is 0 Å². The Labute approximate surface area is 149 Å². The highest BCUT2D eigenvalue weighted by Gasteiger charge is 2.12. The number of benzene rings is 2. The minimum absolute atomic E-state index is 1.25. The van der Waals surface area contributed by atoms with Crippen LogP contribution in [0.1, 0.15) is 64.5 Å². The summed E-state index contributed by atoms with van der Waals surface area (Å²) in [6, 6.07) is 16.9. The summed E-state index contributed by atoms with van der Waals surface area (Å²) in [6.07, 6.45) is 9.63. The van der Waals surface area contributed by atoms with E-state index in [9.17, 15) is 0 Å². The third-order valence-electron chi connectivity index (χ3n) is 4.04. The Hall–Kier alpha value is -2.02. The average Bonchev–Trinajstić information content (AvgIpc) is 2.80. The Bertz CT molecular complexity index is 555. The summed E-state index contributed by atoms with van der Waals surface area (Å²) in [6.45, 7) is 8.72. The maximum atomic E-state index is 2.24. The number of unbranched alkanes of at least 4 members (excludes halogenated alkanes) is 2. The first kappa shape index (κ1) is 20.0. The van der Waals surface area contributed by atoms with Crippen LogP contribution < -0.4 is 4.90 Å². The largest absolute Gasteiger partial charge is 0.344 e. The van der Waals surface area contributed by atoms with Gasteiger partial charge < -0.3 is 4.90 Å². The van der Waals surface area contributed by atoms with Gasteiger partial charge in [0.2, 0.25) is 0 Å². The van der Waals surface area contributed by atoms with Crippen molar-refractivity contribution in [1.82, 2.24) is 0 Å². The number of fused-ring (bicyclic) bond motifs is 2. The quantitative estimate of drug-likeness (QED) is 0.551. The van der Waals surface area contributed by atoms with Gasteiger partial charge in [0, 0.05) is 18.4 Å². The lowest BCUT2D eigenvalue weighted by Gasteiger charge is -2.21. The third kappa shape index (κ3) is 5.88. The van der Waals surface area contributed by atoms with Gasteiger partial charge in [0.05, 0.1) is 0 Å². The van der Waals surface area contributed by atoms with Crippen LogP contribution in [0.3, 0.4) is 0 Å². The molecular weight excluding hydrogens is 290 g/mol. The number of hydrogen-bond donors (Lipinski definition) is 0. The van der Waals surface area contributed by atoms with Crippen LogP contribution in [0, 0.1) is 0 Å². The van der Waals surface area contributed by atoms with Crippen molar-refractivity contribution in [3.05, 3.63) is 59.7 Å². The molecule has 0 spiro atoms. The molecule has 1 aliphatic heterocycles. The summed E-state index contributed by atoms with van der Waals surface area (Å²) in [7, 11) is 2.12. The molecule has 1 aliphatic rings. The summed E-state index contributed by atoms with van der Waals surface area (Å²) < 4.78 is 0. The first-order chi connectivity index (χ1) is 11.7. The highest BCUT2D eigenvalue weighted by atomic mass is 15.1. The number of para-hydroxylation sites is 2. The van der Waals surface area contributed by atoms with E-state index in [4.69, 9.17) is 0 Å². The zero-order chi connectivity index (χ0) is 17.8. The van der Waals surface area contributed by atoms with Crippen LogP contribution in [0.2, 0.25) is 0 Å². The molecule has 1 heterocycles. The van der Waals surface area contributed by atoms with Gasteiger partial charge in [-0.3, -0.25) is 0 Å². The summed E-state index contributed by atoms with van der Waals surface area (Å²) in [4.78, 5) is 2.24. The van der Waals surface area contributed by atoms with Crippen LogP contribution in [-0.4, -0.2) is 7.05 Å². The van der Waals surface area contributed by atoms with Crippen LogP contribution in [0.25, 0.3) is 12.2 Å². The van der Waals surface area contributed by atoms with Gasteiger partial charge in [-0.05, 0) is 23.3 Å². The van der Waals surface area contributed by atoms with Crippen molar-refractivity contribution in [2.45, 2.75) is 53.4 Å². The molecule has 0 amide bonds. The number of anilines is 2. The maximum Gasteiger partial charge on any atom is 0.0481 e. The fourth-order valence-electron chi connectivity index (χ4n) is 2.18. The summed E-state index contributed by atoms with van der Waals surface area (Å²) >= 11 is 0. The molecule has 0 saturated heterocycles. The zero-order valence-electron chi connectivity index (χ0n) is 16.0. The molecule has 0 aromatic heterocycles. The molecule has 24 heavy (non-hydrogen) atoms. The molecular formula is C23H33N. The standard InChI is InChI=1S/C15H13N.2C4H10/c1-16-14-8-4-2-6-12(14)10-11-13-7-3-5-9-15(13)16;2*1-3-4-2/h2-11H,1H3;2*3-4H2,1-2H3. The van der Waals surface area contributed by atoms with Crippen molar-refractivity contribution in [3.63, 3.8) is 0 Å². The monoisotopic (exact) mass is 323 g/mol. The normalized spacial score (nSPS) is 11.1. The molecule has 130 valence electrons. The van der Waals surface area contributed by atoms with E-state index in [0.29, 0.717) is 0 Å². The minimum atomic E-state index is 1.25. The Morgan fingerprint density at radius 2 is 0.917 bits per heavy atom. The van der Waals surface area contributed by atoms with Crippen molar-refractivity contribution < 1.29 is 0 Å². The lowest BCUT2D eigenvalue weighted by Crippen LogP contribution is -2.10. The van der Waals surface area contributed by atoms with E-state index in [1.54, 1.807) is 0 Å². The molecule has 0 saturated carbocycles. The highest BCUT2D eigenvalue weighted by molar-refractivity contribution is 5.88. The number of nitrogens with zero attached hydrogens (tertiary/aromatic N) is 1. The lowest BCUT2D eigenvalue weighted by molar-refractivity contribution is 0.886. The molecule has 0 bridgehead atoms. The average molecular weight is 324 g/mol. The van der Waals surface area contributed by atoms with Gasteiger partial charge in [0.1, 0.15) is 0 Å². The number of rotatable bonds is 2. The van der Waals surface area contributed by atoms with E-state index < -0.39 is 0 Å². The number of hydrogen-bond acceptors (Lipinski definition) is 1. The molecule has 2 aromatic rings. The Morgan fingerprint density at radius 3 is 1.25 bits per heavy atom. The predicted molar refractivity (Wildman–Crippen MR) is 111 cm³/mol. The van der Waals surface area contributed by atoms with E-state index in [1.165, 1.54) is 48.2 Å². The van der Waals surface area contributed by atoms with Crippen molar-refractivity contribution in [2.24, 2.45) is 0 Å². The van der Waals surface area contributed by atoms with E-state index in [-0.39, 0.29) is 0 Å². The molecule has 0 aliphatic carbocycles. The second kappa shape index (κ2) is 11.5. The Balaban J connectivity index is 0.000000306. The van der Waals surface area contributed by atoms with Crippen molar-refractivity contribution in [2.75, 3.05) is 11.9 Å². The SMILES string of the molecule is CCCC.CCCC.CN1c2ccccc2C=Cc2ccccc21. The minimum Gasteiger partial charge on any atom is -0.344 e. The second-order valence-electron chi connectivity index (χ2n) is 6.01. The van der Waals surface area contributed by atoms with Crippen molar-refractivity contribution in [3.8, 4) is 0 Å². The van der Waals surface area contributed by atoms with E-state index in [0.717, 1.165) is 0 Å². The topological polar surface area (TPSA) is 3.24 Å². The highest BCUT2D eigenvalue weighted by Crippen LogP contribution is 2.34. The smallest absolute Gasteiger partial charge is 0.0481 e. The molecule has 0 unspecified atom stereocenters. The van der Waals surface area contributed by atoms with Gasteiger partial charge in [-0.2, -0.15) is 0 Å². The summed E-state index contributed by atoms with van der Waals surface area (Å²) in [5.41, 5.74) is 5.04. The van der Waals surface area contributed by atoms with Gasteiger partial charge in [0.25, 0.3) is 0 Å². The fourth-order valence-corrected chi connectivity index (χ4v) is 2.18. The van der Waals surface area contributed by atoms with Crippen molar-refractivity contribution in [1.29, 1.82) is 0 Å². The van der Waals surface area contributed by atoms with Gasteiger partial charge in [-0.25, -0.2) is 0 Å². The van der Waals surface area contributed by atoms with Crippen LogP contribution >= 0.6 is 0 Å². The van der Waals surface area contributed by atoms with Crippen LogP contribution in [0.5, 0.6) is 0 Å². The first-order valence-electron chi connectivity index (χ1n) is 9.29. The van der Waals surface area contributed by atoms with Crippen molar-refractivity contribution >= 4 is 23.5 Å².